The van der Waals surface area contributed by atoms with Crippen LogP contribution in [0.15, 0.2) is 48.5 Å². The maximum Gasteiger partial charge on any atom is 0.338 e. The Hall–Kier alpha value is -2.47. The maximum atomic E-state index is 12.6. The molecule has 2 aromatic rings. The number of para-hydroxylation sites is 1. The fourth-order valence-electron chi connectivity index (χ4n) is 3.25. The molecular weight excluding hydrogens is 350 g/mol. The third-order valence-electron chi connectivity index (χ3n) is 4.34. The van der Waals surface area contributed by atoms with E-state index in [4.69, 9.17) is 4.74 Å². The summed E-state index contributed by atoms with van der Waals surface area (Å²) < 4.78 is 16.6. The third-order valence-corrected chi connectivity index (χ3v) is 5.08. The molecule has 3 rings (SSSR count). The molecule has 1 heterocycles. The van der Waals surface area contributed by atoms with E-state index in [1.54, 1.807) is 29.4 Å². The molecule has 1 aliphatic rings. The Morgan fingerprint density at radius 2 is 1.96 bits per heavy atom. The first-order valence-corrected chi connectivity index (χ1v) is 10.1. The summed E-state index contributed by atoms with van der Waals surface area (Å²) in [5, 5.41) is 0. The summed E-state index contributed by atoms with van der Waals surface area (Å²) in [5.41, 5.74) is 3.16. The van der Waals surface area contributed by atoms with Gasteiger partial charge in [-0.1, -0.05) is 30.3 Å². The van der Waals surface area contributed by atoms with Crippen LogP contribution in [0.4, 0.5) is 5.69 Å². The molecule has 2 atom stereocenters. The van der Waals surface area contributed by atoms with E-state index >= 15 is 0 Å². The van der Waals surface area contributed by atoms with Crippen molar-refractivity contribution in [1.82, 2.24) is 0 Å². The molecule has 6 heteroatoms. The number of hydrogen-bond acceptors (Lipinski definition) is 4. The molecule has 26 heavy (non-hydrogen) atoms. The summed E-state index contributed by atoms with van der Waals surface area (Å²) in [6.07, 6.45) is 2.41. The Kier molecular flexibility index (Phi) is 5.52. The predicted octanol–water partition coefficient (Wildman–Crippen LogP) is 2.70. The van der Waals surface area contributed by atoms with Crippen LogP contribution in [0.1, 0.15) is 28.4 Å². The van der Waals surface area contributed by atoms with E-state index in [1.165, 1.54) is 0 Å². The van der Waals surface area contributed by atoms with Crippen LogP contribution in [-0.2, 0) is 32.5 Å². The second-order valence-electron chi connectivity index (χ2n) is 6.44. The molecule has 1 aliphatic heterocycles. The number of hydrogen-bond donors (Lipinski definition) is 0. The monoisotopic (exact) mass is 371 g/mol. The Labute approximate surface area is 155 Å². The van der Waals surface area contributed by atoms with Crippen molar-refractivity contribution >= 4 is 28.4 Å². The summed E-state index contributed by atoms with van der Waals surface area (Å²) in [5.74, 6) is -0.411. The van der Waals surface area contributed by atoms with Gasteiger partial charge in [-0.3, -0.25) is 9.00 Å². The molecule has 0 spiro atoms. The first-order valence-electron chi connectivity index (χ1n) is 8.42. The van der Waals surface area contributed by atoms with Gasteiger partial charge in [0.15, 0.2) is 6.61 Å². The SMILES string of the molecule is C[C@H]1Cc2ccccc2N1C(=O)COC(=O)c1cccc(C[S@@](C)=O)c1. The fourth-order valence-corrected chi connectivity index (χ4v) is 3.90. The minimum Gasteiger partial charge on any atom is -0.452 e. The Morgan fingerprint density at radius 3 is 2.73 bits per heavy atom. The van der Waals surface area contributed by atoms with E-state index in [9.17, 15) is 13.8 Å². The number of anilines is 1. The molecule has 5 nitrogen and oxygen atoms in total. The van der Waals surface area contributed by atoms with Crippen molar-refractivity contribution in [2.24, 2.45) is 0 Å². The van der Waals surface area contributed by atoms with Crippen LogP contribution < -0.4 is 4.90 Å². The van der Waals surface area contributed by atoms with Crippen molar-refractivity contribution < 1.29 is 18.5 Å². The normalized spacial score (nSPS) is 16.8. The predicted molar refractivity (Wildman–Crippen MR) is 102 cm³/mol. The lowest BCUT2D eigenvalue weighted by molar-refractivity contribution is -0.122. The number of rotatable bonds is 5. The standard InChI is InChI=1S/C20H21NO4S/c1-14-10-16-7-3-4-9-18(16)21(14)19(22)12-25-20(23)17-8-5-6-15(11-17)13-26(2)24/h3-9,11,14H,10,12-13H2,1-2H3/t14-,26+/m0/s1. The molecule has 0 fully saturated rings. The zero-order chi connectivity index (χ0) is 18.7. The van der Waals surface area contributed by atoms with Crippen molar-refractivity contribution in [3.63, 3.8) is 0 Å². The minimum absolute atomic E-state index is 0.0430. The summed E-state index contributed by atoms with van der Waals surface area (Å²) in [7, 11) is -0.989. The van der Waals surface area contributed by atoms with Gasteiger partial charge in [-0.05, 0) is 42.7 Å². The van der Waals surface area contributed by atoms with E-state index in [0.717, 1.165) is 23.2 Å². The molecule has 0 aromatic heterocycles. The maximum absolute atomic E-state index is 12.6. The number of carbonyl (C=O) groups excluding carboxylic acids is 2. The first-order chi connectivity index (χ1) is 12.5. The van der Waals surface area contributed by atoms with Gasteiger partial charge < -0.3 is 9.64 Å². The lowest BCUT2D eigenvalue weighted by Gasteiger charge is -2.22. The van der Waals surface area contributed by atoms with Gasteiger partial charge in [-0.25, -0.2) is 4.79 Å². The van der Waals surface area contributed by atoms with Gasteiger partial charge in [0.25, 0.3) is 5.91 Å². The Bertz CT molecular complexity index is 864. The van der Waals surface area contributed by atoms with Crippen molar-refractivity contribution in [2.75, 3.05) is 17.8 Å². The Morgan fingerprint density at radius 1 is 1.19 bits per heavy atom. The number of carbonyl (C=O) groups is 2. The molecule has 0 radical (unpaired) electrons. The fraction of sp³-hybridized carbons (Fsp3) is 0.300. The largest absolute Gasteiger partial charge is 0.452 e. The van der Waals surface area contributed by atoms with Crippen molar-refractivity contribution in [3.8, 4) is 0 Å². The summed E-state index contributed by atoms with van der Waals surface area (Å²) >= 11 is 0. The van der Waals surface area contributed by atoms with Crippen LogP contribution in [0.2, 0.25) is 0 Å². The molecule has 0 aliphatic carbocycles. The number of nitrogens with zero attached hydrogens (tertiary/aromatic N) is 1. The second kappa shape index (κ2) is 7.83. The molecule has 1 amide bonds. The molecular formula is C20H21NO4S. The average Bonchev–Trinajstić information content (AvgIpc) is 2.94. The summed E-state index contributed by atoms with van der Waals surface area (Å²) in [6, 6.07) is 14.6. The Balaban J connectivity index is 1.65. The van der Waals surface area contributed by atoms with Crippen LogP contribution >= 0.6 is 0 Å². The van der Waals surface area contributed by atoms with Gasteiger partial charge in [0.2, 0.25) is 0 Å². The van der Waals surface area contributed by atoms with E-state index in [2.05, 4.69) is 0 Å². The van der Waals surface area contributed by atoms with Gasteiger partial charge in [0.05, 0.1) is 5.56 Å². The van der Waals surface area contributed by atoms with Gasteiger partial charge in [-0.15, -0.1) is 0 Å². The van der Waals surface area contributed by atoms with E-state index in [0.29, 0.717) is 11.3 Å². The zero-order valence-corrected chi connectivity index (χ0v) is 15.6. The van der Waals surface area contributed by atoms with Crippen molar-refractivity contribution in [1.29, 1.82) is 0 Å². The topological polar surface area (TPSA) is 63.7 Å². The van der Waals surface area contributed by atoms with Crippen LogP contribution in [0.5, 0.6) is 0 Å². The highest BCUT2D eigenvalue weighted by atomic mass is 32.2. The zero-order valence-electron chi connectivity index (χ0n) is 14.8. The second-order valence-corrected chi connectivity index (χ2v) is 7.87. The molecule has 0 saturated heterocycles. The third kappa shape index (κ3) is 4.02. The number of amides is 1. The quantitative estimate of drug-likeness (QED) is 0.758. The lowest BCUT2D eigenvalue weighted by atomic mass is 10.1. The molecule has 0 N–H and O–H groups in total. The minimum atomic E-state index is -0.989. The molecule has 2 aromatic carbocycles. The molecule has 0 unspecified atom stereocenters. The van der Waals surface area contributed by atoms with Crippen LogP contribution in [0, 0.1) is 0 Å². The van der Waals surface area contributed by atoms with Gasteiger partial charge >= 0.3 is 5.97 Å². The lowest BCUT2D eigenvalue weighted by Crippen LogP contribution is -2.38. The van der Waals surface area contributed by atoms with E-state index in [-0.39, 0.29) is 18.6 Å². The first kappa shape index (κ1) is 18.3. The highest BCUT2D eigenvalue weighted by molar-refractivity contribution is 7.83. The summed E-state index contributed by atoms with van der Waals surface area (Å²) in [6.45, 7) is 1.68. The number of esters is 1. The average molecular weight is 371 g/mol. The van der Waals surface area contributed by atoms with Crippen molar-refractivity contribution in [2.45, 2.75) is 25.1 Å². The molecule has 0 bridgehead atoms. The summed E-state index contributed by atoms with van der Waals surface area (Å²) in [4.78, 5) is 26.5. The van der Waals surface area contributed by atoms with Crippen LogP contribution in [-0.4, -0.2) is 35.0 Å². The van der Waals surface area contributed by atoms with Gasteiger partial charge in [0.1, 0.15) is 0 Å². The number of fused-ring (bicyclic) bond motifs is 1. The smallest absolute Gasteiger partial charge is 0.338 e. The van der Waals surface area contributed by atoms with E-state index < -0.39 is 16.8 Å². The van der Waals surface area contributed by atoms with Crippen molar-refractivity contribution in [3.05, 3.63) is 65.2 Å². The number of benzene rings is 2. The van der Waals surface area contributed by atoms with E-state index in [1.807, 2.05) is 37.3 Å². The van der Waals surface area contributed by atoms with Gasteiger partial charge in [-0.2, -0.15) is 0 Å². The molecule has 0 saturated carbocycles. The molecule has 136 valence electrons. The van der Waals surface area contributed by atoms with Gasteiger partial charge in [0, 0.05) is 34.5 Å². The highest BCUT2D eigenvalue weighted by Crippen LogP contribution is 2.31. The van der Waals surface area contributed by atoms with Crippen LogP contribution in [0.25, 0.3) is 0 Å². The number of ether oxygens (including phenoxy) is 1. The highest BCUT2D eigenvalue weighted by Gasteiger charge is 2.31. The van der Waals surface area contributed by atoms with Crippen LogP contribution in [0.3, 0.4) is 0 Å².